The quantitative estimate of drug-likeness (QED) is 0.754. The van der Waals surface area contributed by atoms with E-state index in [4.69, 9.17) is 0 Å². The van der Waals surface area contributed by atoms with Gasteiger partial charge in [0.1, 0.15) is 6.10 Å². The zero-order valence-electron chi connectivity index (χ0n) is 8.34. The van der Waals surface area contributed by atoms with E-state index in [-0.39, 0.29) is 5.78 Å². The van der Waals surface area contributed by atoms with Gasteiger partial charge in [-0.05, 0) is 18.4 Å². The van der Waals surface area contributed by atoms with Gasteiger partial charge in [0.05, 0.1) is 0 Å². The highest BCUT2D eigenvalue weighted by Gasteiger charge is 2.14. The Labute approximate surface area is 87.4 Å². The molecule has 1 aromatic carbocycles. The van der Waals surface area contributed by atoms with Crippen LogP contribution in [-0.4, -0.2) is 22.0 Å². The number of pyridine rings is 1. The lowest BCUT2D eigenvalue weighted by molar-refractivity contribution is 0.0781. The fourth-order valence-corrected chi connectivity index (χ4v) is 1.56. The van der Waals surface area contributed by atoms with Crippen molar-refractivity contribution >= 4 is 16.6 Å². The number of nitrogens with zero attached hydrogens (tertiary/aromatic N) is 1. The van der Waals surface area contributed by atoms with E-state index in [0.717, 1.165) is 10.8 Å². The standard InChI is InChI=1S/C12H11NO2/c1-8(14)12(15)11-4-2-3-9-7-13-6-5-10(9)11/h2-8,14H,1H3. The second kappa shape index (κ2) is 3.79. The number of hydrogen-bond acceptors (Lipinski definition) is 3. The summed E-state index contributed by atoms with van der Waals surface area (Å²) in [6.07, 6.45) is 2.37. The Morgan fingerprint density at radius 1 is 1.40 bits per heavy atom. The summed E-state index contributed by atoms with van der Waals surface area (Å²) in [5.74, 6) is -0.258. The predicted octanol–water partition coefficient (Wildman–Crippen LogP) is 1.80. The number of carbonyl (C=O) groups excluding carboxylic acids is 1. The summed E-state index contributed by atoms with van der Waals surface area (Å²) < 4.78 is 0. The Morgan fingerprint density at radius 2 is 2.20 bits per heavy atom. The number of rotatable bonds is 2. The Kier molecular flexibility index (Phi) is 2.47. The molecule has 15 heavy (non-hydrogen) atoms. The molecule has 1 N–H and O–H groups in total. The van der Waals surface area contributed by atoms with E-state index < -0.39 is 6.10 Å². The molecule has 76 valence electrons. The third-order valence-corrected chi connectivity index (χ3v) is 2.33. The Morgan fingerprint density at radius 3 is 2.93 bits per heavy atom. The maximum atomic E-state index is 11.7. The molecule has 0 bridgehead atoms. The highest BCUT2D eigenvalue weighted by Crippen LogP contribution is 2.18. The topological polar surface area (TPSA) is 50.2 Å². The number of Topliss-reactive ketones (excluding diaryl/α,β-unsaturated/α-hetero) is 1. The Hall–Kier alpha value is -1.74. The van der Waals surface area contributed by atoms with Crippen LogP contribution in [0.5, 0.6) is 0 Å². The third kappa shape index (κ3) is 1.74. The minimum atomic E-state index is -0.969. The molecule has 0 amide bonds. The summed E-state index contributed by atoms with van der Waals surface area (Å²) in [5.41, 5.74) is 0.546. The summed E-state index contributed by atoms with van der Waals surface area (Å²) in [4.78, 5) is 15.7. The van der Waals surface area contributed by atoms with Crippen LogP contribution in [0.2, 0.25) is 0 Å². The molecule has 0 aliphatic carbocycles. The minimum Gasteiger partial charge on any atom is -0.385 e. The van der Waals surface area contributed by atoms with E-state index >= 15 is 0 Å². The van der Waals surface area contributed by atoms with Crippen molar-refractivity contribution < 1.29 is 9.90 Å². The number of carbonyl (C=O) groups is 1. The molecule has 2 rings (SSSR count). The van der Waals surface area contributed by atoms with Gasteiger partial charge in [-0.2, -0.15) is 0 Å². The fourth-order valence-electron chi connectivity index (χ4n) is 1.56. The average Bonchev–Trinajstić information content (AvgIpc) is 2.27. The summed E-state index contributed by atoms with van der Waals surface area (Å²) in [6, 6.07) is 7.18. The summed E-state index contributed by atoms with van der Waals surface area (Å²) >= 11 is 0. The molecular formula is C12H11NO2. The van der Waals surface area contributed by atoms with Crippen molar-refractivity contribution in [3.63, 3.8) is 0 Å². The first-order valence-corrected chi connectivity index (χ1v) is 4.75. The molecule has 0 spiro atoms. The summed E-state index contributed by atoms with van der Waals surface area (Å²) in [7, 11) is 0. The molecule has 3 nitrogen and oxygen atoms in total. The molecule has 1 atom stereocenters. The molecule has 1 heterocycles. The molecule has 1 unspecified atom stereocenters. The molecule has 3 heteroatoms. The summed E-state index contributed by atoms with van der Waals surface area (Å²) in [6.45, 7) is 1.47. The molecule has 0 saturated heterocycles. The number of ketones is 1. The average molecular weight is 201 g/mol. The zero-order chi connectivity index (χ0) is 10.8. The van der Waals surface area contributed by atoms with Gasteiger partial charge in [-0.1, -0.05) is 18.2 Å². The lowest BCUT2D eigenvalue weighted by Crippen LogP contribution is -2.16. The second-order valence-corrected chi connectivity index (χ2v) is 3.44. The van der Waals surface area contributed by atoms with Crippen molar-refractivity contribution in [3.05, 3.63) is 42.2 Å². The van der Waals surface area contributed by atoms with Crippen molar-refractivity contribution in [2.24, 2.45) is 0 Å². The van der Waals surface area contributed by atoms with E-state index in [1.807, 2.05) is 6.07 Å². The maximum absolute atomic E-state index is 11.7. The largest absolute Gasteiger partial charge is 0.385 e. The van der Waals surface area contributed by atoms with Crippen molar-refractivity contribution in [2.45, 2.75) is 13.0 Å². The van der Waals surface area contributed by atoms with Crippen LogP contribution in [0.3, 0.4) is 0 Å². The lowest BCUT2D eigenvalue weighted by Gasteiger charge is -2.06. The van der Waals surface area contributed by atoms with Crippen LogP contribution in [0.1, 0.15) is 17.3 Å². The van der Waals surface area contributed by atoms with E-state index in [9.17, 15) is 9.90 Å². The van der Waals surface area contributed by atoms with Crippen LogP contribution in [0.15, 0.2) is 36.7 Å². The van der Waals surface area contributed by atoms with Gasteiger partial charge in [-0.15, -0.1) is 0 Å². The number of fused-ring (bicyclic) bond motifs is 1. The summed E-state index contributed by atoms with van der Waals surface area (Å²) in [5, 5.41) is 11.0. The Bertz CT molecular complexity index is 500. The van der Waals surface area contributed by atoms with Gasteiger partial charge in [0.25, 0.3) is 0 Å². The fraction of sp³-hybridized carbons (Fsp3) is 0.167. The predicted molar refractivity (Wildman–Crippen MR) is 57.8 cm³/mol. The van der Waals surface area contributed by atoms with Crippen LogP contribution < -0.4 is 0 Å². The normalized spacial score (nSPS) is 12.7. The maximum Gasteiger partial charge on any atom is 0.191 e. The van der Waals surface area contributed by atoms with Gasteiger partial charge in [0.15, 0.2) is 5.78 Å². The molecule has 0 radical (unpaired) electrons. The number of benzene rings is 1. The molecule has 1 aromatic heterocycles. The van der Waals surface area contributed by atoms with E-state index in [1.165, 1.54) is 6.92 Å². The van der Waals surface area contributed by atoms with Crippen LogP contribution in [0, 0.1) is 0 Å². The second-order valence-electron chi connectivity index (χ2n) is 3.44. The van der Waals surface area contributed by atoms with Crippen molar-refractivity contribution in [1.82, 2.24) is 4.98 Å². The first kappa shape index (κ1) is 9.80. The number of aliphatic hydroxyl groups is 1. The van der Waals surface area contributed by atoms with Gasteiger partial charge >= 0.3 is 0 Å². The zero-order valence-corrected chi connectivity index (χ0v) is 8.34. The first-order valence-electron chi connectivity index (χ1n) is 4.75. The van der Waals surface area contributed by atoms with Gasteiger partial charge in [0, 0.05) is 23.3 Å². The van der Waals surface area contributed by atoms with E-state index in [1.54, 1.807) is 30.6 Å². The van der Waals surface area contributed by atoms with E-state index in [0.29, 0.717) is 5.56 Å². The number of aliphatic hydroxyl groups excluding tert-OH is 1. The van der Waals surface area contributed by atoms with Crippen molar-refractivity contribution in [2.75, 3.05) is 0 Å². The Balaban J connectivity index is 2.66. The number of aromatic nitrogens is 1. The lowest BCUT2D eigenvalue weighted by atomic mass is 10.0. The first-order chi connectivity index (χ1) is 7.20. The molecule has 0 aliphatic rings. The van der Waals surface area contributed by atoms with Gasteiger partial charge in [0.2, 0.25) is 0 Å². The SMILES string of the molecule is CC(O)C(=O)c1cccc2cnccc12. The number of hydrogen-bond donors (Lipinski definition) is 1. The minimum absolute atomic E-state index is 0.258. The highest BCUT2D eigenvalue weighted by molar-refractivity contribution is 6.09. The van der Waals surface area contributed by atoms with Crippen LogP contribution in [0.25, 0.3) is 10.8 Å². The monoisotopic (exact) mass is 201 g/mol. The van der Waals surface area contributed by atoms with Crippen LogP contribution >= 0.6 is 0 Å². The van der Waals surface area contributed by atoms with Gasteiger partial charge in [-0.3, -0.25) is 9.78 Å². The molecule has 2 aromatic rings. The van der Waals surface area contributed by atoms with Gasteiger partial charge in [-0.25, -0.2) is 0 Å². The van der Waals surface area contributed by atoms with Gasteiger partial charge < -0.3 is 5.11 Å². The molecule has 0 saturated carbocycles. The third-order valence-electron chi connectivity index (χ3n) is 2.33. The molecule has 0 fully saturated rings. The molecular weight excluding hydrogens is 190 g/mol. The molecule has 0 aliphatic heterocycles. The van der Waals surface area contributed by atoms with Crippen LogP contribution in [-0.2, 0) is 0 Å². The highest BCUT2D eigenvalue weighted by atomic mass is 16.3. The smallest absolute Gasteiger partial charge is 0.191 e. The van der Waals surface area contributed by atoms with Crippen LogP contribution in [0.4, 0.5) is 0 Å². The van der Waals surface area contributed by atoms with Crippen molar-refractivity contribution in [3.8, 4) is 0 Å². The van der Waals surface area contributed by atoms with E-state index in [2.05, 4.69) is 4.98 Å². The van der Waals surface area contributed by atoms with Crippen molar-refractivity contribution in [1.29, 1.82) is 0 Å².